The summed E-state index contributed by atoms with van der Waals surface area (Å²) in [5.41, 5.74) is 6.48. The summed E-state index contributed by atoms with van der Waals surface area (Å²) in [5, 5.41) is 2.96. The highest BCUT2D eigenvalue weighted by molar-refractivity contribution is 6.36. The van der Waals surface area contributed by atoms with Crippen molar-refractivity contribution in [2.45, 2.75) is 19.3 Å². The van der Waals surface area contributed by atoms with Gasteiger partial charge < -0.3 is 10.3 Å². The summed E-state index contributed by atoms with van der Waals surface area (Å²) in [4.78, 5) is 15.6. The number of aromatic nitrogens is 1. The van der Waals surface area contributed by atoms with Crippen LogP contribution >= 0.6 is 0 Å². The first-order chi connectivity index (χ1) is 9.34. The second kappa shape index (κ2) is 3.85. The van der Waals surface area contributed by atoms with E-state index in [-0.39, 0.29) is 5.91 Å². The number of para-hydroxylation sites is 1. The molecule has 1 aromatic heterocycles. The average Bonchev–Trinajstić information content (AvgIpc) is 3.01. The van der Waals surface area contributed by atoms with E-state index in [0.717, 1.165) is 36.1 Å². The lowest BCUT2D eigenvalue weighted by atomic mass is 9.87. The van der Waals surface area contributed by atoms with Gasteiger partial charge in [0.1, 0.15) is 0 Å². The van der Waals surface area contributed by atoms with Crippen LogP contribution in [0.2, 0.25) is 0 Å². The lowest BCUT2D eigenvalue weighted by Gasteiger charge is -2.17. The molecule has 2 aliphatic rings. The maximum absolute atomic E-state index is 12.3. The van der Waals surface area contributed by atoms with E-state index in [2.05, 4.69) is 16.4 Å². The number of benzene rings is 1. The van der Waals surface area contributed by atoms with Crippen LogP contribution in [0.3, 0.4) is 0 Å². The Balaban J connectivity index is 1.98. The molecule has 3 nitrogen and oxygen atoms in total. The number of hydrogen-bond donors (Lipinski definition) is 2. The lowest BCUT2D eigenvalue weighted by molar-refractivity contribution is -0.110. The van der Waals surface area contributed by atoms with E-state index in [1.165, 1.54) is 16.8 Å². The molecule has 3 heteroatoms. The van der Waals surface area contributed by atoms with Gasteiger partial charge in [-0.25, -0.2) is 0 Å². The van der Waals surface area contributed by atoms with E-state index < -0.39 is 0 Å². The molecule has 0 radical (unpaired) electrons. The van der Waals surface area contributed by atoms with E-state index in [1.807, 2.05) is 30.5 Å². The van der Waals surface area contributed by atoms with Gasteiger partial charge >= 0.3 is 0 Å². The highest BCUT2D eigenvalue weighted by Crippen LogP contribution is 2.41. The Morgan fingerprint density at radius 2 is 1.89 bits per heavy atom. The second-order valence-electron chi connectivity index (χ2n) is 5.08. The molecule has 0 saturated carbocycles. The Labute approximate surface area is 111 Å². The third-order valence-corrected chi connectivity index (χ3v) is 3.98. The van der Waals surface area contributed by atoms with E-state index in [9.17, 15) is 4.79 Å². The molecule has 0 unspecified atom stereocenters. The number of anilines is 1. The first-order valence-corrected chi connectivity index (χ1v) is 6.65. The number of allylic oxidation sites excluding steroid dienone is 1. The minimum absolute atomic E-state index is 0.0326. The van der Waals surface area contributed by atoms with E-state index in [4.69, 9.17) is 0 Å². The van der Waals surface area contributed by atoms with E-state index in [0.29, 0.717) is 0 Å². The minimum Gasteiger partial charge on any atom is -0.364 e. The molecule has 4 rings (SSSR count). The predicted molar refractivity (Wildman–Crippen MR) is 75.6 cm³/mol. The molecule has 0 bridgehead atoms. The van der Waals surface area contributed by atoms with Crippen LogP contribution in [0.25, 0.3) is 11.1 Å². The van der Waals surface area contributed by atoms with Crippen LogP contribution in [0.1, 0.15) is 29.7 Å². The van der Waals surface area contributed by atoms with Crippen molar-refractivity contribution in [2.75, 3.05) is 5.32 Å². The van der Waals surface area contributed by atoms with Crippen LogP contribution in [0.5, 0.6) is 0 Å². The number of nitrogens with one attached hydrogen (secondary N) is 2. The molecule has 1 aliphatic heterocycles. The van der Waals surface area contributed by atoms with Crippen LogP contribution < -0.4 is 5.32 Å². The van der Waals surface area contributed by atoms with Crippen LogP contribution in [-0.4, -0.2) is 10.9 Å². The zero-order valence-corrected chi connectivity index (χ0v) is 10.5. The highest BCUT2D eigenvalue weighted by atomic mass is 16.2. The predicted octanol–water partition coefficient (Wildman–Crippen LogP) is 3.21. The van der Waals surface area contributed by atoms with Crippen molar-refractivity contribution in [1.82, 2.24) is 4.98 Å². The van der Waals surface area contributed by atoms with Gasteiger partial charge in [-0.15, -0.1) is 0 Å². The number of aryl methyl sites for hydroxylation is 1. The molecular formula is C16H14N2O. The number of fused-ring (bicyclic) bond motifs is 2. The molecule has 2 N–H and O–H groups in total. The molecular weight excluding hydrogens is 236 g/mol. The monoisotopic (exact) mass is 250 g/mol. The molecule has 0 spiro atoms. The fourth-order valence-electron chi connectivity index (χ4n) is 3.15. The van der Waals surface area contributed by atoms with Crippen LogP contribution in [0.15, 0.2) is 36.5 Å². The minimum atomic E-state index is 0.0326. The number of carbonyl (C=O) groups excluding carboxylic acids is 1. The number of rotatable bonds is 0. The first-order valence-electron chi connectivity index (χ1n) is 6.65. The molecule has 0 saturated heterocycles. The van der Waals surface area contributed by atoms with Crippen molar-refractivity contribution >= 4 is 22.7 Å². The third-order valence-electron chi connectivity index (χ3n) is 3.98. The number of H-pyrrole nitrogens is 1. The van der Waals surface area contributed by atoms with Gasteiger partial charge in [0.05, 0.1) is 5.57 Å². The van der Waals surface area contributed by atoms with Gasteiger partial charge in [-0.2, -0.15) is 0 Å². The van der Waals surface area contributed by atoms with Crippen molar-refractivity contribution in [3.63, 3.8) is 0 Å². The van der Waals surface area contributed by atoms with Gasteiger partial charge in [0.2, 0.25) is 0 Å². The Kier molecular flexibility index (Phi) is 2.15. The normalized spacial score (nSPS) is 20.9. The summed E-state index contributed by atoms with van der Waals surface area (Å²) >= 11 is 0. The Morgan fingerprint density at radius 3 is 2.84 bits per heavy atom. The Morgan fingerprint density at radius 1 is 1.00 bits per heavy atom. The number of amides is 1. The summed E-state index contributed by atoms with van der Waals surface area (Å²) in [5.74, 6) is 0.0326. The van der Waals surface area contributed by atoms with Gasteiger partial charge in [0, 0.05) is 23.1 Å². The van der Waals surface area contributed by atoms with E-state index >= 15 is 0 Å². The van der Waals surface area contributed by atoms with Crippen LogP contribution in [-0.2, 0) is 11.2 Å². The fraction of sp³-hybridized carbons (Fsp3) is 0.188. The zero-order chi connectivity index (χ0) is 12.8. The number of hydrogen-bond acceptors (Lipinski definition) is 1. The lowest BCUT2D eigenvalue weighted by Crippen LogP contribution is -2.08. The van der Waals surface area contributed by atoms with Gasteiger partial charge in [0.25, 0.3) is 5.91 Å². The maximum Gasteiger partial charge on any atom is 0.256 e. The van der Waals surface area contributed by atoms with Crippen molar-refractivity contribution in [1.29, 1.82) is 0 Å². The summed E-state index contributed by atoms with van der Waals surface area (Å²) in [7, 11) is 0. The van der Waals surface area contributed by atoms with Gasteiger partial charge in [-0.1, -0.05) is 18.2 Å². The van der Waals surface area contributed by atoms with Crippen molar-refractivity contribution in [2.24, 2.45) is 0 Å². The van der Waals surface area contributed by atoms with Crippen molar-refractivity contribution < 1.29 is 4.79 Å². The third kappa shape index (κ3) is 1.48. The number of aromatic amines is 1. The fourth-order valence-corrected chi connectivity index (χ4v) is 3.15. The molecule has 0 fully saturated rings. The standard InChI is InChI=1S/C16H14N2O/c19-16-15(12-4-1-2-6-14(12)18-16)11-5-3-7-13-10(11)8-9-17-13/h1-2,4,6,8-9,17H,3,5,7H2,(H,18,19)/b15-11-. The second-order valence-corrected chi connectivity index (χ2v) is 5.08. The smallest absolute Gasteiger partial charge is 0.256 e. The first kappa shape index (κ1) is 10.6. The zero-order valence-electron chi connectivity index (χ0n) is 10.5. The average molecular weight is 250 g/mol. The molecule has 19 heavy (non-hydrogen) atoms. The van der Waals surface area contributed by atoms with Crippen LogP contribution in [0.4, 0.5) is 5.69 Å². The summed E-state index contributed by atoms with van der Waals surface area (Å²) < 4.78 is 0. The summed E-state index contributed by atoms with van der Waals surface area (Å²) in [6, 6.07) is 10.0. The van der Waals surface area contributed by atoms with Gasteiger partial charge in [-0.3, -0.25) is 4.79 Å². The quantitative estimate of drug-likeness (QED) is 0.693. The van der Waals surface area contributed by atoms with Crippen molar-refractivity contribution in [3.8, 4) is 0 Å². The topological polar surface area (TPSA) is 44.9 Å². The summed E-state index contributed by atoms with van der Waals surface area (Å²) in [6.45, 7) is 0. The summed E-state index contributed by atoms with van der Waals surface area (Å²) in [6.07, 6.45) is 5.11. The Hall–Kier alpha value is -2.29. The molecule has 1 aromatic carbocycles. The Bertz CT molecular complexity index is 709. The molecule has 2 heterocycles. The van der Waals surface area contributed by atoms with Gasteiger partial charge in [0.15, 0.2) is 0 Å². The molecule has 0 atom stereocenters. The highest BCUT2D eigenvalue weighted by Gasteiger charge is 2.29. The molecule has 94 valence electrons. The van der Waals surface area contributed by atoms with Gasteiger partial charge in [-0.05, 0) is 42.5 Å². The van der Waals surface area contributed by atoms with E-state index in [1.54, 1.807) is 0 Å². The molecule has 2 aromatic rings. The largest absolute Gasteiger partial charge is 0.364 e. The van der Waals surface area contributed by atoms with Crippen LogP contribution in [0, 0.1) is 0 Å². The molecule has 1 aliphatic carbocycles. The maximum atomic E-state index is 12.3. The van der Waals surface area contributed by atoms with Crippen molar-refractivity contribution in [3.05, 3.63) is 53.3 Å². The number of carbonyl (C=O) groups is 1. The molecule has 1 amide bonds. The SMILES string of the molecule is O=C1Nc2ccccc2/C1=C1\CCCc2[nH]ccc21.